The Morgan fingerprint density at radius 2 is 1.93 bits per heavy atom. The van der Waals surface area contributed by atoms with Crippen LogP contribution in [0.15, 0.2) is 64.7 Å². The zero-order valence-electron chi connectivity index (χ0n) is 15.7. The summed E-state index contributed by atoms with van der Waals surface area (Å²) >= 11 is 6.96. The van der Waals surface area contributed by atoms with E-state index < -0.39 is 0 Å². The number of amides is 1. The van der Waals surface area contributed by atoms with Gasteiger partial charge in [0, 0.05) is 29.2 Å². The lowest BCUT2D eigenvalue weighted by molar-refractivity contribution is -0.113. The van der Waals surface area contributed by atoms with E-state index in [2.05, 4.69) is 10.3 Å². The number of hydrogen-bond donors (Lipinski definition) is 1. The van der Waals surface area contributed by atoms with E-state index in [0.717, 1.165) is 11.8 Å². The average Bonchev–Trinajstić information content (AvgIpc) is 2.74. The van der Waals surface area contributed by atoms with Gasteiger partial charge in [-0.2, -0.15) is 0 Å². The summed E-state index contributed by atoms with van der Waals surface area (Å²) in [6.07, 6.45) is 3.08. The van der Waals surface area contributed by atoms with E-state index in [9.17, 15) is 9.59 Å². The van der Waals surface area contributed by atoms with Gasteiger partial charge in [0.1, 0.15) is 11.5 Å². The van der Waals surface area contributed by atoms with Gasteiger partial charge in [-0.15, -0.1) is 0 Å². The van der Waals surface area contributed by atoms with Gasteiger partial charge in [0.05, 0.1) is 25.7 Å². The molecule has 1 heterocycles. The molecule has 0 aliphatic heterocycles. The first kappa shape index (κ1) is 20.8. The predicted molar refractivity (Wildman–Crippen MR) is 114 cm³/mol. The number of carbonyl (C=O) groups excluding carboxylic acids is 1. The topological polar surface area (TPSA) is 82.5 Å². The fraction of sp³-hybridized carbons (Fsp3) is 0.150. The lowest BCUT2D eigenvalue weighted by Gasteiger charge is -2.11. The van der Waals surface area contributed by atoms with Gasteiger partial charge < -0.3 is 14.8 Å². The molecule has 0 aliphatic carbocycles. The molecule has 9 heteroatoms. The van der Waals surface area contributed by atoms with Crippen molar-refractivity contribution in [1.29, 1.82) is 0 Å². The molecule has 1 amide bonds. The van der Waals surface area contributed by atoms with E-state index in [1.165, 1.54) is 17.9 Å². The number of thioether (sulfide) groups is 1. The van der Waals surface area contributed by atoms with E-state index in [1.807, 2.05) is 0 Å². The fourth-order valence-electron chi connectivity index (χ4n) is 2.52. The third-order valence-electron chi connectivity index (χ3n) is 3.94. The summed E-state index contributed by atoms with van der Waals surface area (Å²) in [6, 6.07) is 12.0. The SMILES string of the molecule is COc1ccc(NC(=O)CSc2nccn(-c3ccc(Cl)cc3)c2=O)c(OC)c1. The van der Waals surface area contributed by atoms with Crippen LogP contribution in [0.3, 0.4) is 0 Å². The standard InChI is InChI=1S/C20H18ClN3O4S/c1-27-15-7-8-16(17(11-15)28-2)23-18(25)12-29-19-20(26)24(10-9-22-19)14-5-3-13(21)4-6-14/h3-11H,12H2,1-2H3,(H,23,25). The molecule has 0 spiro atoms. The lowest BCUT2D eigenvalue weighted by atomic mass is 10.2. The van der Waals surface area contributed by atoms with Gasteiger partial charge in [-0.1, -0.05) is 23.4 Å². The van der Waals surface area contributed by atoms with Crippen LogP contribution in [0.25, 0.3) is 5.69 Å². The summed E-state index contributed by atoms with van der Waals surface area (Å²) in [5, 5.41) is 3.56. The monoisotopic (exact) mass is 431 g/mol. The maximum Gasteiger partial charge on any atom is 0.287 e. The van der Waals surface area contributed by atoms with Gasteiger partial charge in [-0.05, 0) is 36.4 Å². The molecule has 3 rings (SSSR count). The van der Waals surface area contributed by atoms with Crippen molar-refractivity contribution >= 4 is 35.0 Å². The van der Waals surface area contributed by atoms with Crippen molar-refractivity contribution in [2.75, 3.05) is 25.3 Å². The summed E-state index contributed by atoms with van der Waals surface area (Å²) in [5.74, 6) is 0.819. The first-order valence-corrected chi connectivity index (χ1v) is 9.86. The largest absolute Gasteiger partial charge is 0.497 e. The third kappa shape index (κ3) is 5.10. The molecule has 3 aromatic rings. The van der Waals surface area contributed by atoms with Gasteiger partial charge >= 0.3 is 0 Å². The Labute approximate surface area is 176 Å². The highest BCUT2D eigenvalue weighted by molar-refractivity contribution is 7.99. The highest BCUT2D eigenvalue weighted by atomic mass is 35.5. The van der Waals surface area contributed by atoms with Crippen molar-refractivity contribution in [1.82, 2.24) is 9.55 Å². The van der Waals surface area contributed by atoms with E-state index in [-0.39, 0.29) is 22.2 Å². The van der Waals surface area contributed by atoms with Crippen LogP contribution < -0.4 is 20.3 Å². The number of methoxy groups -OCH3 is 2. The van der Waals surface area contributed by atoms with Crippen LogP contribution in [0.2, 0.25) is 5.02 Å². The van der Waals surface area contributed by atoms with Crippen molar-refractivity contribution in [2.45, 2.75) is 5.03 Å². The number of nitrogens with zero attached hydrogens (tertiary/aromatic N) is 2. The molecule has 0 aliphatic rings. The van der Waals surface area contributed by atoms with Gasteiger partial charge in [0.25, 0.3) is 5.56 Å². The molecule has 0 fully saturated rings. The van der Waals surface area contributed by atoms with E-state index in [4.69, 9.17) is 21.1 Å². The molecule has 0 saturated carbocycles. The normalized spacial score (nSPS) is 10.4. The number of hydrogen-bond acceptors (Lipinski definition) is 6. The maximum absolute atomic E-state index is 12.7. The number of ether oxygens (including phenoxy) is 2. The van der Waals surface area contributed by atoms with Gasteiger partial charge in [0.15, 0.2) is 5.03 Å². The van der Waals surface area contributed by atoms with Crippen molar-refractivity contribution in [3.63, 3.8) is 0 Å². The van der Waals surface area contributed by atoms with Crippen LogP contribution in [0.4, 0.5) is 5.69 Å². The molecule has 0 atom stereocenters. The quantitative estimate of drug-likeness (QED) is 0.575. The molecular formula is C20H18ClN3O4S. The minimum atomic E-state index is -0.311. The Hall–Kier alpha value is -2.97. The second kappa shape index (κ2) is 9.49. The van der Waals surface area contributed by atoms with Crippen LogP contribution in [0.1, 0.15) is 0 Å². The van der Waals surface area contributed by atoms with Crippen LogP contribution in [-0.4, -0.2) is 35.4 Å². The van der Waals surface area contributed by atoms with Crippen molar-refractivity contribution in [3.8, 4) is 17.2 Å². The number of benzene rings is 2. The van der Waals surface area contributed by atoms with E-state index in [1.54, 1.807) is 55.8 Å². The highest BCUT2D eigenvalue weighted by Crippen LogP contribution is 2.29. The highest BCUT2D eigenvalue weighted by Gasteiger charge is 2.12. The number of carbonyl (C=O) groups is 1. The zero-order chi connectivity index (χ0) is 20.8. The molecular weight excluding hydrogens is 414 g/mol. The summed E-state index contributed by atoms with van der Waals surface area (Å²) in [6.45, 7) is 0. The van der Waals surface area contributed by atoms with Crippen LogP contribution >= 0.6 is 23.4 Å². The minimum Gasteiger partial charge on any atom is -0.497 e. The second-order valence-electron chi connectivity index (χ2n) is 5.79. The Bertz CT molecular complexity index is 1070. The molecule has 7 nitrogen and oxygen atoms in total. The van der Waals surface area contributed by atoms with Crippen molar-refractivity contribution in [2.24, 2.45) is 0 Å². The number of halogens is 1. The van der Waals surface area contributed by atoms with Crippen LogP contribution in [0, 0.1) is 0 Å². The second-order valence-corrected chi connectivity index (χ2v) is 7.19. The summed E-state index contributed by atoms with van der Waals surface area (Å²) in [7, 11) is 3.06. The first-order chi connectivity index (χ1) is 14.0. The van der Waals surface area contributed by atoms with E-state index in [0.29, 0.717) is 27.9 Å². The number of nitrogens with one attached hydrogen (secondary N) is 1. The molecule has 0 radical (unpaired) electrons. The number of anilines is 1. The predicted octanol–water partition coefficient (Wildman–Crippen LogP) is 3.63. The fourth-order valence-corrected chi connectivity index (χ4v) is 3.34. The van der Waals surface area contributed by atoms with Crippen molar-refractivity contribution in [3.05, 3.63) is 70.2 Å². The molecule has 2 aromatic carbocycles. The Balaban J connectivity index is 1.70. The molecule has 0 unspecified atom stereocenters. The lowest BCUT2D eigenvalue weighted by Crippen LogP contribution is -2.22. The smallest absolute Gasteiger partial charge is 0.287 e. The molecule has 0 saturated heterocycles. The number of aromatic nitrogens is 2. The van der Waals surface area contributed by atoms with E-state index >= 15 is 0 Å². The molecule has 1 aromatic heterocycles. The summed E-state index contributed by atoms with van der Waals surface area (Å²) in [4.78, 5) is 29.1. The maximum atomic E-state index is 12.7. The summed E-state index contributed by atoms with van der Waals surface area (Å²) in [5.41, 5.74) is 0.865. The molecule has 29 heavy (non-hydrogen) atoms. The summed E-state index contributed by atoms with van der Waals surface area (Å²) < 4.78 is 11.9. The molecule has 0 bridgehead atoms. The van der Waals surface area contributed by atoms with Gasteiger partial charge in [0.2, 0.25) is 5.91 Å². The zero-order valence-corrected chi connectivity index (χ0v) is 17.3. The van der Waals surface area contributed by atoms with Gasteiger partial charge in [-0.3, -0.25) is 14.2 Å². The average molecular weight is 432 g/mol. The van der Waals surface area contributed by atoms with Crippen LogP contribution in [0.5, 0.6) is 11.5 Å². The van der Waals surface area contributed by atoms with Crippen molar-refractivity contribution < 1.29 is 14.3 Å². The Morgan fingerprint density at radius 1 is 1.17 bits per heavy atom. The first-order valence-electron chi connectivity index (χ1n) is 8.50. The minimum absolute atomic E-state index is 0.0159. The third-order valence-corrected chi connectivity index (χ3v) is 5.15. The Kier molecular flexibility index (Phi) is 6.79. The van der Waals surface area contributed by atoms with Crippen LogP contribution in [-0.2, 0) is 4.79 Å². The molecule has 1 N–H and O–H groups in total. The Morgan fingerprint density at radius 3 is 2.62 bits per heavy atom. The number of rotatable bonds is 7. The van der Waals surface area contributed by atoms with Gasteiger partial charge in [-0.25, -0.2) is 4.98 Å². The molecule has 150 valence electrons.